The summed E-state index contributed by atoms with van der Waals surface area (Å²) in [5.41, 5.74) is 11.1. The Morgan fingerprint density at radius 2 is 1.34 bits per heavy atom. The molecule has 2 amide bonds. The molecule has 2 aromatic rings. The van der Waals surface area contributed by atoms with Crippen molar-refractivity contribution in [3.63, 3.8) is 0 Å². The van der Waals surface area contributed by atoms with E-state index in [2.05, 4.69) is 35.1 Å². The third kappa shape index (κ3) is 13.3. The Morgan fingerprint density at radius 1 is 0.686 bits per heavy atom. The number of benzene rings is 2. The van der Waals surface area contributed by atoms with Crippen LogP contribution < -0.4 is 16.5 Å². The second-order valence-electron chi connectivity index (χ2n) is 8.74. The van der Waals surface area contributed by atoms with Crippen molar-refractivity contribution in [2.75, 3.05) is 13.1 Å². The van der Waals surface area contributed by atoms with Gasteiger partial charge >= 0.3 is 5.97 Å². The number of hydrogen-bond acceptors (Lipinski definition) is 5. The van der Waals surface area contributed by atoms with Crippen molar-refractivity contribution in [2.24, 2.45) is 5.73 Å². The summed E-state index contributed by atoms with van der Waals surface area (Å²) in [5, 5.41) is 2.78. The Kier molecular flexibility index (Phi) is 13.8. The van der Waals surface area contributed by atoms with Gasteiger partial charge < -0.3 is 15.9 Å². The summed E-state index contributed by atoms with van der Waals surface area (Å²) in [6, 6.07) is 18.5. The monoisotopic (exact) mass is 481 g/mol. The lowest BCUT2D eigenvalue weighted by Crippen LogP contribution is -2.29. The highest BCUT2D eigenvalue weighted by molar-refractivity contribution is 5.80. The first-order valence-electron chi connectivity index (χ1n) is 12.6. The van der Waals surface area contributed by atoms with Gasteiger partial charge in [0.05, 0.1) is 6.42 Å². The molecule has 0 unspecified atom stereocenters. The molecule has 4 N–H and O–H groups in total. The van der Waals surface area contributed by atoms with E-state index in [-0.39, 0.29) is 24.7 Å². The quantitative estimate of drug-likeness (QED) is 0.250. The number of unbranched alkanes of at least 4 members (excludes halogenated alkanes) is 3. The summed E-state index contributed by atoms with van der Waals surface area (Å²) in [6.07, 6.45) is 8.20. The number of hydrogen-bond donors (Lipinski definition) is 3. The van der Waals surface area contributed by atoms with Crippen molar-refractivity contribution in [3.8, 4) is 0 Å². The lowest BCUT2D eigenvalue weighted by molar-refractivity contribution is -0.158. The standard InChI is InChI=1S/C28H39N3O4/c29-20-8-2-5-14-26(32)30-21-9-15-28(34)35-31-27(33)22-25-18-16-24(17-19-25)13-7-6-12-23-10-3-1-4-11-23/h1,3-4,10-11,16-19H,2,5-9,12-15,20-22,29H2,(H,30,32)(H,31,33). The maximum Gasteiger partial charge on any atom is 0.332 e. The van der Waals surface area contributed by atoms with Crippen molar-refractivity contribution in [3.05, 3.63) is 71.3 Å². The topological polar surface area (TPSA) is 111 Å². The minimum Gasteiger partial charge on any atom is -0.356 e. The molecule has 0 bridgehead atoms. The van der Waals surface area contributed by atoms with E-state index in [1.54, 1.807) is 0 Å². The number of nitrogens with two attached hydrogens (primary N) is 1. The summed E-state index contributed by atoms with van der Waals surface area (Å²) < 4.78 is 0. The summed E-state index contributed by atoms with van der Waals surface area (Å²) >= 11 is 0. The van der Waals surface area contributed by atoms with Crippen molar-refractivity contribution in [1.82, 2.24) is 10.8 Å². The van der Waals surface area contributed by atoms with Crippen molar-refractivity contribution < 1.29 is 19.2 Å². The van der Waals surface area contributed by atoms with Crippen molar-refractivity contribution >= 4 is 17.8 Å². The van der Waals surface area contributed by atoms with Crippen LogP contribution in [0.3, 0.4) is 0 Å². The van der Waals surface area contributed by atoms with E-state index in [0.717, 1.165) is 50.5 Å². The number of carbonyl (C=O) groups excluding carboxylic acids is 3. The molecule has 7 heteroatoms. The Labute approximate surface area is 208 Å². The van der Waals surface area contributed by atoms with Crippen LogP contribution in [0.15, 0.2) is 54.6 Å². The predicted molar refractivity (Wildman–Crippen MR) is 137 cm³/mol. The average Bonchev–Trinajstić information content (AvgIpc) is 2.87. The Bertz CT molecular complexity index is 885. The molecule has 0 saturated heterocycles. The molecular weight excluding hydrogens is 442 g/mol. The summed E-state index contributed by atoms with van der Waals surface area (Å²) in [4.78, 5) is 40.3. The van der Waals surface area contributed by atoms with Gasteiger partial charge in [-0.2, -0.15) is 5.48 Å². The molecule has 0 aliphatic rings. The van der Waals surface area contributed by atoms with Crippen LogP contribution in [0.25, 0.3) is 0 Å². The molecule has 0 radical (unpaired) electrons. The van der Waals surface area contributed by atoms with E-state index in [1.165, 1.54) is 11.1 Å². The smallest absolute Gasteiger partial charge is 0.332 e. The molecular formula is C28H39N3O4. The van der Waals surface area contributed by atoms with E-state index in [9.17, 15) is 14.4 Å². The van der Waals surface area contributed by atoms with Crippen LogP contribution in [0.5, 0.6) is 0 Å². The van der Waals surface area contributed by atoms with Crippen LogP contribution in [0, 0.1) is 0 Å². The fourth-order valence-electron chi connectivity index (χ4n) is 3.67. The molecule has 0 aromatic heterocycles. The first kappa shape index (κ1) is 28.1. The van der Waals surface area contributed by atoms with Crippen LogP contribution in [0.4, 0.5) is 0 Å². The highest BCUT2D eigenvalue weighted by atomic mass is 16.7. The number of rotatable bonds is 16. The normalized spacial score (nSPS) is 10.5. The van der Waals surface area contributed by atoms with Crippen LogP contribution in [0.2, 0.25) is 0 Å². The maximum atomic E-state index is 12.1. The van der Waals surface area contributed by atoms with Crippen LogP contribution in [-0.4, -0.2) is 30.9 Å². The van der Waals surface area contributed by atoms with Gasteiger partial charge in [-0.1, -0.05) is 61.0 Å². The van der Waals surface area contributed by atoms with Gasteiger partial charge in [-0.3, -0.25) is 9.59 Å². The number of nitrogens with one attached hydrogen (secondary N) is 2. The number of amides is 2. The molecule has 35 heavy (non-hydrogen) atoms. The highest BCUT2D eigenvalue weighted by Gasteiger charge is 2.09. The van der Waals surface area contributed by atoms with Gasteiger partial charge in [0.25, 0.3) is 5.91 Å². The molecule has 0 aliphatic carbocycles. The molecule has 7 nitrogen and oxygen atoms in total. The molecule has 0 heterocycles. The van der Waals surface area contributed by atoms with E-state index in [1.807, 2.05) is 30.3 Å². The zero-order chi connectivity index (χ0) is 25.1. The van der Waals surface area contributed by atoms with E-state index >= 15 is 0 Å². The first-order valence-corrected chi connectivity index (χ1v) is 12.6. The fourth-order valence-corrected chi connectivity index (χ4v) is 3.67. The van der Waals surface area contributed by atoms with Crippen molar-refractivity contribution in [1.29, 1.82) is 0 Å². The molecule has 2 aromatic carbocycles. The molecule has 190 valence electrons. The largest absolute Gasteiger partial charge is 0.356 e. The lowest BCUT2D eigenvalue weighted by atomic mass is 10.0. The second-order valence-corrected chi connectivity index (χ2v) is 8.74. The minimum absolute atomic E-state index is 0.0260. The van der Waals surface area contributed by atoms with Gasteiger partial charge in [0, 0.05) is 19.4 Å². The maximum absolute atomic E-state index is 12.1. The molecule has 0 saturated carbocycles. The van der Waals surface area contributed by atoms with Gasteiger partial charge in [0.2, 0.25) is 5.91 Å². The van der Waals surface area contributed by atoms with Gasteiger partial charge in [0.15, 0.2) is 0 Å². The second kappa shape index (κ2) is 17.3. The number of hydroxylamine groups is 1. The van der Waals surface area contributed by atoms with E-state index < -0.39 is 5.97 Å². The summed E-state index contributed by atoms with van der Waals surface area (Å²) in [6.45, 7) is 1.04. The Hall–Kier alpha value is -3.19. The minimum atomic E-state index is -0.526. The molecule has 0 spiro atoms. The Morgan fingerprint density at radius 3 is 2.03 bits per heavy atom. The Balaban J connectivity index is 1.52. The van der Waals surface area contributed by atoms with E-state index in [0.29, 0.717) is 25.9 Å². The third-order valence-electron chi connectivity index (χ3n) is 5.68. The average molecular weight is 482 g/mol. The predicted octanol–water partition coefficient (Wildman–Crippen LogP) is 3.78. The zero-order valence-corrected chi connectivity index (χ0v) is 20.6. The third-order valence-corrected chi connectivity index (χ3v) is 5.68. The van der Waals surface area contributed by atoms with Crippen molar-refractivity contribution in [2.45, 2.75) is 70.6 Å². The van der Waals surface area contributed by atoms with Crippen LogP contribution in [0.1, 0.15) is 68.1 Å². The lowest BCUT2D eigenvalue weighted by Gasteiger charge is -2.08. The molecule has 0 fully saturated rings. The zero-order valence-electron chi connectivity index (χ0n) is 20.6. The first-order chi connectivity index (χ1) is 17.1. The van der Waals surface area contributed by atoms with Gasteiger partial charge in [-0.15, -0.1) is 0 Å². The van der Waals surface area contributed by atoms with Crippen LogP contribution >= 0.6 is 0 Å². The van der Waals surface area contributed by atoms with E-state index in [4.69, 9.17) is 10.6 Å². The molecule has 2 rings (SSSR count). The van der Waals surface area contributed by atoms with Gasteiger partial charge in [-0.05, 0) is 68.2 Å². The van der Waals surface area contributed by atoms with Gasteiger partial charge in [0.1, 0.15) is 0 Å². The fraction of sp³-hybridized carbons (Fsp3) is 0.464. The molecule has 0 aliphatic heterocycles. The highest BCUT2D eigenvalue weighted by Crippen LogP contribution is 2.11. The van der Waals surface area contributed by atoms with Crippen LogP contribution in [-0.2, 0) is 38.5 Å². The van der Waals surface area contributed by atoms with Gasteiger partial charge in [-0.25, -0.2) is 4.79 Å². The summed E-state index contributed by atoms with van der Waals surface area (Å²) in [7, 11) is 0. The number of aryl methyl sites for hydroxylation is 2. The number of carbonyl (C=O) groups is 3. The molecule has 0 atom stereocenters. The SMILES string of the molecule is NCCCCCC(=O)NCCCC(=O)ONC(=O)Cc1ccc(CCCCc2ccccc2)cc1. The summed E-state index contributed by atoms with van der Waals surface area (Å²) in [5.74, 6) is -0.928.